The molecule has 100 valence electrons. The van der Waals surface area contributed by atoms with E-state index >= 15 is 0 Å². The zero-order valence-electron chi connectivity index (χ0n) is 11.8. The summed E-state index contributed by atoms with van der Waals surface area (Å²) in [6.07, 6.45) is 8.71. The normalized spacial score (nSPS) is 36.0. The van der Waals surface area contributed by atoms with E-state index in [0.717, 1.165) is 24.4 Å². The number of nitrogens with zero attached hydrogens (tertiary/aromatic N) is 1. The molecule has 1 saturated heterocycles. The molecule has 2 aliphatic rings. The minimum atomic E-state index is 0.909. The van der Waals surface area contributed by atoms with Crippen LogP contribution in [0.1, 0.15) is 52.4 Å². The fourth-order valence-electron chi connectivity index (χ4n) is 3.54. The Morgan fingerprint density at radius 3 is 2.82 bits per heavy atom. The van der Waals surface area contributed by atoms with Crippen molar-refractivity contribution in [1.29, 1.82) is 0 Å². The number of nitrogens with one attached hydrogen (secondary N) is 1. The van der Waals surface area contributed by atoms with Gasteiger partial charge in [-0.25, -0.2) is 0 Å². The van der Waals surface area contributed by atoms with E-state index in [-0.39, 0.29) is 0 Å². The van der Waals surface area contributed by atoms with Crippen LogP contribution in [0.25, 0.3) is 0 Å². The molecule has 1 N–H and O–H groups in total. The van der Waals surface area contributed by atoms with Crippen molar-refractivity contribution in [3.63, 3.8) is 0 Å². The Labute approximate surface area is 107 Å². The van der Waals surface area contributed by atoms with Crippen molar-refractivity contribution in [3.05, 3.63) is 0 Å². The highest BCUT2D eigenvalue weighted by atomic mass is 15.2. The van der Waals surface area contributed by atoms with Crippen molar-refractivity contribution in [2.45, 2.75) is 58.4 Å². The van der Waals surface area contributed by atoms with E-state index in [1.807, 2.05) is 0 Å². The average Bonchev–Trinajstić information content (AvgIpc) is 2.69. The van der Waals surface area contributed by atoms with Crippen LogP contribution >= 0.6 is 0 Å². The number of rotatable bonds is 4. The zero-order chi connectivity index (χ0) is 12.1. The van der Waals surface area contributed by atoms with E-state index in [1.165, 1.54) is 58.2 Å². The van der Waals surface area contributed by atoms with E-state index in [2.05, 4.69) is 24.1 Å². The number of hydrogen-bond acceptors (Lipinski definition) is 2. The summed E-state index contributed by atoms with van der Waals surface area (Å²) in [5.41, 5.74) is 0. The van der Waals surface area contributed by atoms with Crippen molar-refractivity contribution < 1.29 is 0 Å². The predicted octanol–water partition coefficient (Wildman–Crippen LogP) is 2.89. The topological polar surface area (TPSA) is 15.3 Å². The van der Waals surface area contributed by atoms with Crippen LogP contribution in [0.2, 0.25) is 0 Å². The van der Waals surface area contributed by atoms with Crippen LogP contribution < -0.4 is 5.32 Å². The zero-order valence-corrected chi connectivity index (χ0v) is 11.8. The molecule has 0 aromatic rings. The van der Waals surface area contributed by atoms with Gasteiger partial charge in [0.2, 0.25) is 0 Å². The van der Waals surface area contributed by atoms with Crippen LogP contribution in [0.3, 0.4) is 0 Å². The molecule has 1 heterocycles. The second-order valence-electron chi connectivity index (χ2n) is 6.22. The Hall–Kier alpha value is -0.0800. The first-order valence-electron chi connectivity index (χ1n) is 7.74. The summed E-state index contributed by atoms with van der Waals surface area (Å²) in [5.74, 6) is 1.88. The maximum atomic E-state index is 3.51. The first-order chi connectivity index (χ1) is 8.29. The summed E-state index contributed by atoms with van der Waals surface area (Å²) in [7, 11) is 0. The van der Waals surface area contributed by atoms with Gasteiger partial charge in [0, 0.05) is 12.6 Å². The molecular weight excluding hydrogens is 208 g/mol. The summed E-state index contributed by atoms with van der Waals surface area (Å²) < 4.78 is 0. The molecule has 17 heavy (non-hydrogen) atoms. The van der Waals surface area contributed by atoms with E-state index < -0.39 is 0 Å². The smallest absolute Gasteiger partial charge is 0.00954 e. The summed E-state index contributed by atoms with van der Waals surface area (Å²) in [4.78, 5) is 2.79. The molecule has 2 rings (SSSR count). The van der Waals surface area contributed by atoms with Gasteiger partial charge in [-0.2, -0.15) is 0 Å². The molecule has 1 saturated carbocycles. The predicted molar refractivity (Wildman–Crippen MR) is 74.3 cm³/mol. The minimum absolute atomic E-state index is 0.909. The Bertz CT molecular complexity index is 217. The van der Waals surface area contributed by atoms with Crippen LogP contribution in [0, 0.1) is 11.8 Å². The number of hydrogen-bond donors (Lipinski definition) is 1. The van der Waals surface area contributed by atoms with E-state index in [1.54, 1.807) is 0 Å². The highest BCUT2D eigenvalue weighted by Gasteiger charge is 2.28. The van der Waals surface area contributed by atoms with Gasteiger partial charge in [-0.15, -0.1) is 0 Å². The minimum Gasteiger partial charge on any atom is -0.317 e. The van der Waals surface area contributed by atoms with Gasteiger partial charge < -0.3 is 10.2 Å². The Balaban J connectivity index is 1.75. The van der Waals surface area contributed by atoms with Gasteiger partial charge in [0.25, 0.3) is 0 Å². The summed E-state index contributed by atoms with van der Waals surface area (Å²) >= 11 is 0. The van der Waals surface area contributed by atoms with E-state index in [9.17, 15) is 0 Å². The van der Waals surface area contributed by atoms with E-state index in [0.29, 0.717) is 0 Å². The van der Waals surface area contributed by atoms with Gasteiger partial charge in [0.15, 0.2) is 0 Å². The summed E-state index contributed by atoms with van der Waals surface area (Å²) in [6.45, 7) is 9.70. The lowest BCUT2D eigenvalue weighted by atomic mass is 10.0. The van der Waals surface area contributed by atoms with Crippen LogP contribution in [-0.2, 0) is 0 Å². The van der Waals surface area contributed by atoms with Crippen LogP contribution in [-0.4, -0.2) is 37.1 Å². The van der Waals surface area contributed by atoms with Gasteiger partial charge >= 0.3 is 0 Å². The summed E-state index contributed by atoms with van der Waals surface area (Å²) in [5, 5.41) is 3.51. The molecule has 3 atom stereocenters. The van der Waals surface area contributed by atoms with E-state index in [4.69, 9.17) is 0 Å². The molecule has 0 spiro atoms. The third-order valence-corrected chi connectivity index (χ3v) is 4.74. The van der Waals surface area contributed by atoms with Crippen LogP contribution in [0.15, 0.2) is 0 Å². The summed E-state index contributed by atoms with van der Waals surface area (Å²) in [6, 6.07) is 0.909. The first kappa shape index (κ1) is 13.4. The lowest BCUT2D eigenvalue weighted by molar-refractivity contribution is 0.211. The SMILES string of the molecule is CCNCC1CCN(C2CCCC(C)CC2)C1. The number of likely N-dealkylation sites (tertiary alicyclic amines) is 1. The van der Waals surface area contributed by atoms with Gasteiger partial charge in [-0.3, -0.25) is 0 Å². The van der Waals surface area contributed by atoms with Gasteiger partial charge in [0.05, 0.1) is 0 Å². The molecule has 1 aliphatic heterocycles. The molecule has 1 aliphatic carbocycles. The van der Waals surface area contributed by atoms with Crippen molar-refractivity contribution >= 4 is 0 Å². The quantitative estimate of drug-likeness (QED) is 0.758. The standard InChI is InChI=1S/C15H30N2/c1-3-16-11-14-9-10-17(12-14)15-6-4-5-13(2)7-8-15/h13-16H,3-12H2,1-2H3. The molecular formula is C15H30N2. The maximum Gasteiger partial charge on any atom is 0.00954 e. The fraction of sp³-hybridized carbons (Fsp3) is 1.00. The Morgan fingerprint density at radius 2 is 2.00 bits per heavy atom. The van der Waals surface area contributed by atoms with Gasteiger partial charge in [0.1, 0.15) is 0 Å². The maximum absolute atomic E-state index is 3.51. The molecule has 3 unspecified atom stereocenters. The highest BCUT2D eigenvalue weighted by molar-refractivity contribution is 4.84. The molecule has 0 amide bonds. The molecule has 0 aromatic carbocycles. The Kier molecular flexibility index (Phi) is 5.30. The van der Waals surface area contributed by atoms with Crippen molar-refractivity contribution in [2.24, 2.45) is 11.8 Å². The molecule has 2 nitrogen and oxygen atoms in total. The van der Waals surface area contributed by atoms with Gasteiger partial charge in [-0.1, -0.05) is 26.7 Å². The Morgan fingerprint density at radius 1 is 1.12 bits per heavy atom. The monoisotopic (exact) mass is 238 g/mol. The average molecular weight is 238 g/mol. The first-order valence-corrected chi connectivity index (χ1v) is 7.74. The third kappa shape index (κ3) is 3.96. The van der Waals surface area contributed by atoms with Crippen LogP contribution in [0.4, 0.5) is 0 Å². The second-order valence-corrected chi connectivity index (χ2v) is 6.22. The van der Waals surface area contributed by atoms with Crippen molar-refractivity contribution in [3.8, 4) is 0 Å². The molecule has 0 aromatic heterocycles. The fourth-order valence-corrected chi connectivity index (χ4v) is 3.54. The third-order valence-electron chi connectivity index (χ3n) is 4.74. The molecule has 0 bridgehead atoms. The highest BCUT2D eigenvalue weighted by Crippen LogP contribution is 2.29. The molecule has 2 fully saturated rings. The van der Waals surface area contributed by atoms with Crippen molar-refractivity contribution in [1.82, 2.24) is 10.2 Å². The lowest BCUT2D eigenvalue weighted by Crippen LogP contribution is -2.34. The largest absolute Gasteiger partial charge is 0.317 e. The molecule has 2 heteroatoms. The van der Waals surface area contributed by atoms with Crippen molar-refractivity contribution in [2.75, 3.05) is 26.2 Å². The van der Waals surface area contributed by atoms with Crippen LogP contribution in [0.5, 0.6) is 0 Å². The molecule has 0 radical (unpaired) electrons. The lowest BCUT2D eigenvalue weighted by Gasteiger charge is -2.27. The van der Waals surface area contributed by atoms with Gasteiger partial charge in [-0.05, 0) is 57.2 Å². The second kappa shape index (κ2) is 6.75.